The molecule has 7 nitrogen and oxygen atoms in total. The van der Waals surface area contributed by atoms with Gasteiger partial charge in [-0.2, -0.15) is 0 Å². The van der Waals surface area contributed by atoms with Crippen LogP contribution in [0.2, 0.25) is 5.02 Å². The predicted octanol–water partition coefficient (Wildman–Crippen LogP) is 3.61. The molecule has 26 heavy (non-hydrogen) atoms. The molecule has 0 saturated carbocycles. The second-order valence-corrected chi connectivity index (χ2v) is 8.12. The number of benzene rings is 1. The largest absolute Gasteiger partial charge is 0.455 e. The molecule has 8 heteroatoms. The van der Waals surface area contributed by atoms with Crippen LogP contribution in [0.15, 0.2) is 24.5 Å². The van der Waals surface area contributed by atoms with E-state index in [9.17, 15) is 9.59 Å². The highest BCUT2D eigenvalue weighted by Crippen LogP contribution is 2.44. The molecule has 0 unspecified atom stereocenters. The van der Waals surface area contributed by atoms with Crippen molar-refractivity contribution in [2.75, 3.05) is 4.90 Å². The zero-order valence-electron chi connectivity index (χ0n) is 15.3. The number of hydrogen-bond acceptors (Lipinski definition) is 4. The number of aromatic nitrogens is 2. The summed E-state index contributed by atoms with van der Waals surface area (Å²) in [5.74, 6) is -0.554. The molecule has 3 rings (SSSR count). The molecule has 2 aromatic rings. The molecule has 0 saturated heterocycles. The molecule has 0 spiro atoms. The van der Waals surface area contributed by atoms with Crippen LogP contribution in [0.1, 0.15) is 50.8 Å². The number of nitrogens with two attached hydrogens (primary N) is 1. The number of hydrogen-bond donors (Lipinski definition) is 1. The number of fused-ring (bicyclic) bond motifs is 3. The first-order valence-electron chi connectivity index (χ1n) is 8.14. The summed E-state index contributed by atoms with van der Waals surface area (Å²) in [6, 6.07) is 4.47. The van der Waals surface area contributed by atoms with E-state index in [1.165, 1.54) is 4.90 Å². The van der Waals surface area contributed by atoms with Crippen molar-refractivity contribution < 1.29 is 14.3 Å². The molecule has 0 atom stereocenters. The monoisotopic (exact) mass is 376 g/mol. The fourth-order valence-electron chi connectivity index (χ4n) is 3.27. The summed E-state index contributed by atoms with van der Waals surface area (Å²) in [6.45, 7) is 8.94. The van der Waals surface area contributed by atoms with E-state index in [0.717, 1.165) is 0 Å². The van der Waals surface area contributed by atoms with Crippen molar-refractivity contribution >= 4 is 29.3 Å². The van der Waals surface area contributed by atoms with E-state index in [1.54, 1.807) is 63.7 Å². The maximum absolute atomic E-state index is 12.7. The lowest BCUT2D eigenvalue weighted by Crippen LogP contribution is -2.52. The van der Waals surface area contributed by atoms with Gasteiger partial charge in [-0.15, -0.1) is 0 Å². The van der Waals surface area contributed by atoms with Crippen LogP contribution in [0, 0.1) is 0 Å². The molecule has 0 aliphatic carbocycles. The Kier molecular flexibility index (Phi) is 4.03. The van der Waals surface area contributed by atoms with Gasteiger partial charge in [0, 0.05) is 5.02 Å². The Hall–Kier alpha value is -2.54. The Morgan fingerprint density at radius 2 is 1.88 bits per heavy atom. The van der Waals surface area contributed by atoms with Gasteiger partial charge in [0.25, 0.3) is 0 Å². The van der Waals surface area contributed by atoms with Gasteiger partial charge in [-0.05, 0) is 52.8 Å². The van der Waals surface area contributed by atoms with Gasteiger partial charge in [-0.25, -0.2) is 14.6 Å². The summed E-state index contributed by atoms with van der Waals surface area (Å²) in [7, 11) is 0. The van der Waals surface area contributed by atoms with Gasteiger partial charge < -0.3 is 10.5 Å². The lowest BCUT2D eigenvalue weighted by molar-refractivity contribution is 0.00601. The van der Waals surface area contributed by atoms with E-state index in [4.69, 9.17) is 22.1 Å². The van der Waals surface area contributed by atoms with Gasteiger partial charge in [0.1, 0.15) is 11.9 Å². The lowest BCUT2D eigenvalue weighted by Gasteiger charge is -2.43. The summed E-state index contributed by atoms with van der Waals surface area (Å²) in [6.07, 6.45) is 1.54. The topological polar surface area (TPSA) is 90.4 Å². The van der Waals surface area contributed by atoms with Crippen LogP contribution in [0.25, 0.3) is 5.69 Å². The number of ether oxygens (including phenoxy) is 1. The molecule has 1 aliphatic rings. The van der Waals surface area contributed by atoms with Crippen molar-refractivity contribution in [3.63, 3.8) is 0 Å². The van der Waals surface area contributed by atoms with Gasteiger partial charge >= 0.3 is 12.0 Å². The average molecular weight is 377 g/mol. The summed E-state index contributed by atoms with van der Waals surface area (Å²) in [5.41, 5.74) is 5.94. The molecule has 1 aromatic heterocycles. The number of imidazole rings is 1. The van der Waals surface area contributed by atoms with Gasteiger partial charge in [-0.1, -0.05) is 11.6 Å². The molecule has 0 fully saturated rings. The smallest absolute Gasteiger partial charge is 0.359 e. The van der Waals surface area contributed by atoms with Gasteiger partial charge in [0.05, 0.1) is 22.6 Å². The molecular formula is C18H21ClN4O3. The molecule has 2 heterocycles. The van der Waals surface area contributed by atoms with Crippen LogP contribution in [-0.4, -0.2) is 27.2 Å². The van der Waals surface area contributed by atoms with Crippen molar-refractivity contribution in [1.82, 2.24) is 9.55 Å². The Morgan fingerprint density at radius 3 is 2.46 bits per heavy atom. The van der Waals surface area contributed by atoms with Crippen molar-refractivity contribution in [3.05, 3.63) is 40.9 Å². The summed E-state index contributed by atoms with van der Waals surface area (Å²) >= 11 is 6.12. The normalized spacial score (nSPS) is 15.2. The van der Waals surface area contributed by atoms with Gasteiger partial charge in [-0.3, -0.25) is 9.47 Å². The van der Waals surface area contributed by atoms with Crippen molar-refractivity contribution in [1.29, 1.82) is 0 Å². The molecule has 2 amide bonds. The third-order valence-corrected chi connectivity index (χ3v) is 4.39. The summed E-state index contributed by atoms with van der Waals surface area (Å²) in [4.78, 5) is 30.6. The van der Waals surface area contributed by atoms with E-state index in [2.05, 4.69) is 4.98 Å². The number of primary amides is 1. The van der Waals surface area contributed by atoms with E-state index in [0.29, 0.717) is 22.1 Å². The zero-order valence-corrected chi connectivity index (χ0v) is 16.1. The number of carbonyl (C=O) groups is 2. The van der Waals surface area contributed by atoms with E-state index < -0.39 is 23.1 Å². The minimum Gasteiger partial charge on any atom is -0.455 e. The second kappa shape index (κ2) is 5.74. The zero-order chi connectivity index (χ0) is 19.4. The van der Waals surface area contributed by atoms with Crippen LogP contribution >= 0.6 is 11.6 Å². The lowest BCUT2D eigenvalue weighted by atomic mass is 9.92. The molecule has 138 valence electrons. The van der Waals surface area contributed by atoms with Gasteiger partial charge in [0.15, 0.2) is 5.69 Å². The first-order chi connectivity index (χ1) is 11.9. The number of anilines is 1. The summed E-state index contributed by atoms with van der Waals surface area (Å²) in [5, 5.41) is 0.474. The highest BCUT2D eigenvalue weighted by molar-refractivity contribution is 6.31. The molecule has 1 aliphatic heterocycles. The number of urea groups is 1. The number of nitrogens with zero attached hydrogens (tertiary/aromatic N) is 3. The Bertz CT molecular complexity index is 912. The highest BCUT2D eigenvalue weighted by Gasteiger charge is 2.44. The Balaban J connectivity index is 2.26. The van der Waals surface area contributed by atoms with Gasteiger partial charge in [0.2, 0.25) is 0 Å². The molecule has 0 bridgehead atoms. The molecule has 0 radical (unpaired) electrons. The maximum Gasteiger partial charge on any atom is 0.359 e. The Morgan fingerprint density at radius 1 is 1.23 bits per heavy atom. The minimum atomic E-state index is -0.938. The van der Waals surface area contributed by atoms with E-state index in [-0.39, 0.29) is 5.69 Å². The SMILES string of the molecule is CC(C)(C)OC(=O)c1ncn2c1C(C)(C)N(C(N)=O)c1cc(Cl)ccc1-2. The van der Waals surface area contributed by atoms with Crippen LogP contribution in [0.4, 0.5) is 10.5 Å². The van der Waals surface area contributed by atoms with E-state index in [1.807, 2.05) is 0 Å². The molecule has 2 N–H and O–H groups in total. The standard InChI is InChI=1S/C18H21ClN4O3/c1-17(2,3)26-15(24)13-14-18(4,5)23(16(20)25)12-8-10(19)6-7-11(12)22(14)9-21-13/h6-9H,1-5H3,(H2,20,25). The quantitative estimate of drug-likeness (QED) is 0.769. The minimum absolute atomic E-state index is 0.150. The fourth-order valence-corrected chi connectivity index (χ4v) is 3.44. The number of halogens is 1. The first kappa shape index (κ1) is 18.3. The first-order valence-corrected chi connectivity index (χ1v) is 8.52. The maximum atomic E-state index is 12.7. The second-order valence-electron chi connectivity index (χ2n) is 7.68. The van der Waals surface area contributed by atoms with Crippen LogP contribution in [-0.2, 0) is 10.3 Å². The predicted molar refractivity (Wildman–Crippen MR) is 98.8 cm³/mol. The van der Waals surface area contributed by atoms with Crippen molar-refractivity contribution in [3.8, 4) is 5.69 Å². The van der Waals surface area contributed by atoms with Crippen LogP contribution in [0.3, 0.4) is 0 Å². The molecular weight excluding hydrogens is 356 g/mol. The summed E-state index contributed by atoms with van der Waals surface area (Å²) < 4.78 is 7.24. The van der Waals surface area contributed by atoms with Crippen LogP contribution in [0.5, 0.6) is 0 Å². The van der Waals surface area contributed by atoms with Crippen LogP contribution < -0.4 is 10.6 Å². The number of carbonyl (C=O) groups excluding carboxylic acids is 2. The van der Waals surface area contributed by atoms with E-state index >= 15 is 0 Å². The molecule has 1 aromatic carbocycles. The van der Waals surface area contributed by atoms with Crippen molar-refractivity contribution in [2.45, 2.75) is 45.8 Å². The third-order valence-electron chi connectivity index (χ3n) is 4.16. The number of esters is 1. The number of rotatable bonds is 1. The Labute approximate surface area is 156 Å². The van der Waals surface area contributed by atoms with Crippen molar-refractivity contribution in [2.24, 2.45) is 5.73 Å². The number of amides is 2. The average Bonchev–Trinajstić information content (AvgIpc) is 2.90. The third kappa shape index (κ3) is 2.82. The highest BCUT2D eigenvalue weighted by atomic mass is 35.5. The fraction of sp³-hybridized carbons (Fsp3) is 0.389.